The topological polar surface area (TPSA) is 25.8 Å². The standard InChI is InChI=1S/C15H11FN2S/c1-10-14(11-2-4-13(16)5-3-11)18-15(19-10)12-6-8-17-9-7-12/h2-9H,1H3. The highest BCUT2D eigenvalue weighted by Gasteiger charge is 2.11. The quantitative estimate of drug-likeness (QED) is 0.693. The van der Waals surface area contributed by atoms with Crippen LogP contribution in [0.4, 0.5) is 4.39 Å². The first-order chi connectivity index (χ1) is 9.24. The average Bonchev–Trinajstić information content (AvgIpc) is 2.83. The summed E-state index contributed by atoms with van der Waals surface area (Å²) in [6, 6.07) is 10.3. The Balaban J connectivity index is 2.05. The molecule has 3 aromatic rings. The maximum absolute atomic E-state index is 12.9. The number of hydrogen-bond donors (Lipinski definition) is 0. The minimum atomic E-state index is -0.231. The van der Waals surface area contributed by atoms with Crippen molar-refractivity contribution in [3.05, 3.63) is 59.5 Å². The van der Waals surface area contributed by atoms with E-state index in [9.17, 15) is 4.39 Å². The molecule has 2 heterocycles. The highest BCUT2D eigenvalue weighted by atomic mass is 32.1. The van der Waals surface area contributed by atoms with E-state index in [2.05, 4.69) is 9.97 Å². The van der Waals surface area contributed by atoms with Crippen molar-refractivity contribution in [2.75, 3.05) is 0 Å². The Hall–Kier alpha value is -2.07. The summed E-state index contributed by atoms with van der Waals surface area (Å²) in [5.41, 5.74) is 2.91. The fraction of sp³-hybridized carbons (Fsp3) is 0.0667. The van der Waals surface area contributed by atoms with Crippen molar-refractivity contribution in [3.63, 3.8) is 0 Å². The Morgan fingerprint density at radius 2 is 1.63 bits per heavy atom. The minimum absolute atomic E-state index is 0.231. The number of benzene rings is 1. The van der Waals surface area contributed by atoms with E-state index < -0.39 is 0 Å². The van der Waals surface area contributed by atoms with Crippen LogP contribution >= 0.6 is 11.3 Å². The normalized spacial score (nSPS) is 10.6. The summed E-state index contributed by atoms with van der Waals surface area (Å²) in [6.45, 7) is 2.03. The van der Waals surface area contributed by atoms with Gasteiger partial charge in [-0.3, -0.25) is 4.98 Å². The molecule has 0 N–H and O–H groups in total. The lowest BCUT2D eigenvalue weighted by Gasteiger charge is -1.98. The van der Waals surface area contributed by atoms with Crippen LogP contribution in [-0.2, 0) is 0 Å². The van der Waals surface area contributed by atoms with E-state index in [1.165, 1.54) is 12.1 Å². The molecule has 0 radical (unpaired) electrons. The van der Waals surface area contributed by atoms with Crippen LogP contribution in [0.5, 0.6) is 0 Å². The summed E-state index contributed by atoms with van der Waals surface area (Å²) in [6.07, 6.45) is 3.51. The zero-order valence-corrected chi connectivity index (χ0v) is 11.1. The van der Waals surface area contributed by atoms with E-state index in [0.717, 1.165) is 26.7 Å². The fourth-order valence-electron chi connectivity index (χ4n) is 1.89. The molecule has 0 aliphatic carbocycles. The number of aryl methyl sites for hydroxylation is 1. The molecule has 0 fully saturated rings. The second kappa shape index (κ2) is 4.90. The molecule has 0 unspecified atom stereocenters. The van der Waals surface area contributed by atoms with E-state index >= 15 is 0 Å². The van der Waals surface area contributed by atoms with Crippen molar-refractivity contribution >= 4 is 11.3 Å². The summed E-state index contributed by atoms with van der Waals surface area (Å²) in [5.74, 6) is -0.231. The summed E-state index contributed by atoms with van der Waals surface area (Å²) in [5, 5.41) is 0.958. The molecule has 19 heavy (non-hydrogen) atoms. The Morgan fingerprint density at radius 3 is 2.32 bits per heavy atom. The van der Waals surface area contributed by atoms with Gasteiger partial charge in [0.15, 0.2) is 0 Å². The van der Waals surface area contributed by atoms with Crippen LogP contribution in [0.3, 0.4) is 0 Å². The Labute approximate surface area is 114 Å². The van der Waals surface area contributed by atoms with E-state index in [4.69, 9.17) is 0 Å². The van der Waals surface area contributed by atoms with Crippen LogP contribution in [0.2, 0.25) is 0 Å². The molecule has 4 heteroatoms. The van der Waals surface area contributed by atoms with Crippen molar-refractivity contribution in [2.45, 2.75) is 6.92 Å². The lowest BCUT2D eigenvalue weighted by Crippen LogP contribution is -1.82. The molecule has 2 nitrogen and oxygen atoms in total. The number of nitrogens with zero attached hydrogens (tertiary/aromatic N) is 2. The molecular formula is C15H11FN2S. The smallest absolute Gasteiger partial charge is 0.124 e. The number of thiazole rings is 1. The van der Waals surface area contributed by atoms with Crippen LogP contribution in [0.25, 0.3) is 21.8 Å². The molecule has 0 saturated heterocycles. The molecule has 0 bridgehead atoms. The van der Waals surface area contributed by atoms with Crippen LogP contribution in [-0.4, -0.2) is 9.97 Å². The number of halogens is 1. The van der Waals surface area contributed by atoms with Gasteiger partial charge in [-0.1, -0.05) is 0 Å². The number of hydrogen-bond acceptors (Lipinski definition) is 3. The van der Waals surface area contributed by atoms with Gasteiger partial charge in [-0.05, 0) is 43.3 Å². The van der Waals surface area contributed by atoms with Crippen molar-refractivity contribution in [2.24, 2.45) is 0 Å². The van der Waals surface area contributed by atoms with Crippen LogP contribution in [0, 0.1) is 12.7 Å². The third-order valence-electron chi connectivity index (χ3n) is 2.84. The van der Waals surface area contributed by atoms with Crippen molar-refractivity contribution in [1.29, 1.82) is 0 Å². The Kier molecular flexibility index (Phi) is 3.09. The van der Waals surface area contributed by atoms with Gasteiger partial charge in [-0.15, -0.1) is 11.3 Å². The first-order valence-corrected chi connectivity index (χ1v) is 6.69. The lowest BCUT2D eigenvalue weighted by atomic mass is 10.1. The maximum Gasteiger partial charge on any atom is 0.124 e. The van der Waals surface area contributed by atoms with Gasteiger partial charge in [0, 0.05) is 28.4 Å². The zero-order chi connectivity index (χ0) is 13.2. The molecule has 0 amide bonds. The van der Waals surface area contributed by atoms with Gasteiger partial charge in [0.25, 0.3) is 0 Å². The van der Waals surface area contributed by atoms with Gasteiger partial charge in [-0.25, -0.2) is 9.37 Å². The third-order valence-corrected chi connectivity index (χ3v) is 3.86. The monoisotopic (exact) mass is 270 g/mol. The lowest BCUT2D eigenvalue weighted by molar-refractivity contribution is 0.628. The minimum Gasteiger partial charge on any atom is -0.265 e. The second-order valence-corrected chi connectivity index (χ2v) is 5.37. The number of aromatic nitrogens is 2. The van der Waals surface area contributed by atoms with Crippen molar-refractivity contribution in [3.8, 4) is 21.8 Å². The highest BCUT2D eigenvalue weighted by Crippen LogP contribution is 2.32. The van der Waals surface area contributed by atoms with Gasteiger partial charge in [0.1, 0.15) is 10.8 Å². The molecule has 0 aliphatic heterocycles. The largest absolute Gasteiger partial charge is 0.265 e. The van der Waals surface area contributed by atoms with E-state index in [1.54, 1.807) is 35.9 Å². The number of rotatable bonds is 2. The molecular weight excluding hydrogens is 259 g/mol. The van der Waals surface area contributed by atoms with Crippen molar-refractivity contribution < 1.29 is 4.39 Å². The molecule has 1 aromatic carbocycles. The molecule has 0 aliphatic rings. The molecule has 2 aromatic heterocycles. The molecule has 0 atom stereocenters. The van der Waals surface area contributed by atoms with Gasteiger partial charge in [0.2, 0.25) is 0 Å². The van der Waals surface area contributed by atoms with Gasteiger partial charge < -0.3 is 0 Å². The SMILES string of the molecule is Cc1sc(-c2ccncc2)nc1-c1ccc(F)cc1. The first kappa shape index (κ1) is 12.0. The molecule has 0 saturated carbocycles. The average molecular weight is 270 g/mol. The van der Waals surface area contributed by atoms with E-state index in [-0.39, 0.29) is 5.82 Å². The highest BCUT2D eigenvalue weighted by molar-refractivity contribution is 7.15. The summed E-state index contributed by atoms with van der Waals surface area (Å²) in [4.78, 5) is 9.77. The maximum atomic E-state index is 12.9. The van der Waals surface area contributed by atoms with Crippen LogP contribution in [0.1, 0.15) is 4.88 Å². The third kappa shape index (κ3) is 2.39. The van der Waals surface area contributed by atoms with Gasteiger partial charge in [0.05, 0.1) is 5.69 Å². The number of pyridine rings is 1. The van der Waals surface area contributed by atoms with E-state index in [0.29, 0.717) is 0 Å². The Bertz CT molecular complexity index is 690. The predicted molar refractivity (Wildman–Crippen MR) is 75.5 cm³/mol. The van der Waals surface area contributed by atoms with E-state index in [1.807, 2.05) is 19.1 Å². The second-order valence-electron chi connectivity index (χ2n) is 4.17. The van der Waals surface area contributed by atoms with Crippen LogP contribution < -0.4 is 0 Å². The summed E-state index contributed by atoms with van der Waals surface area (Å²) in [7, 11) is 0. The predicted octanol–water partition coefficient (Wildman–Crippen LogP) is 4.32. The molecule has 94 valence electrons. The first-order valence-electron chi connectivity index (χ1n) is 5.88. The Morgan fingerprint density at radius 1 is 0.947 bits per heavy atom. The molecule has 0 spiro atoms. The fourth-order valence-corrected chi connectivity index (χ4v) is 2.83. The molecule has 3 rings (SSSR count). The van der Waals surface area contributed by atoms with Gasteiger partial charge >= 0.3 is 0 Å². The zero-order valence-electron chi connectivity index (χ0n) is 10.3. The van der Waals surface area contributed by atoms with Crippen molar-refractivity contribution in [1.82, 2.24) is 9.97 Å². The summed E-state index contributed by atoms with van der Waals surface area (Å²) < 4.78 is 12.9. The van der Waals surface area contributed by atoms with Crippen LogP contribution in [0.15, 0.2) is 48.8 Å². The summed E-state index contributed by atoms with van der Waals surface area (Å²) >= 11 is 1.63. The van der Waals surface area contributed by atoms with Gasteiger partial charge in [-0.2, -0.15) is 0 Å².